The number of hydrogen-bond acceptors (Lipinski definition) is 7. The number of anilines is 1. The van der Waals surface area contributed by atoms with Crippen molar-refractivity contribution in [3.63, 3.8) is 0 Å². The molecule has 1 fully saturated rings. The third-order valence-electron chi connectivity index (χ3n) is 5.93. The molecular weight excluding hydrogens is 507 g/mol. The number of carbonyl (C=O) groups is 1. The van der Waals surface area contributed by atoms with E-state index in [2.05, 4.69) is 20.6 Å². The molecule has 196 valence electrons. The fraction of sp³-hybridized carbons (Fsp3) is 0.259. The van der Waals surface area contributed by atoms with Crippen LogP contribution in [0.15, 0.2) is 54.9 Å². The lowest BCUT2D eigenvalue weighted by molar-refractivity contribution is 0.175. The van der Waals surface area contributed by atoms with Crippen LogP contribution in [0.1, 0.15) is 18.4 Å². The van der Waals surface area contributed by atoms with E-state index in [9.17, 15) is 9.18 Å². The first-order chi connectivity index (χ1) is 18.5. The van der Waals surface area contributed by atoms with Crippen molar-refractivity contribution in [3.05, 3.63) is 66.2 Å². The Morgan fingerprint density at radius 1 is 1.21 bits per heavy atom. The lowest BCUT2D eigenvalue weighted by atomic mass is 10.2. The topological polar surface area (TPSA) is 112 Å². The highest BCUT2D eigenvalue weighted by Gasteiger charge is 2.23. The number of halogens is 1. The summed E-state index contributed by atoms with van der Waals surface area (Å²) in [7, 11) is 1.64. The van der Waals surface area contributed by atoms with Crippen molar-refractivity contribution in [2.24, 2.45) is 0 Å². The Morgan fingerprint density at radius 3 is 2.79 bits per heavy atom. The number of aromatic nitrogens is 2. The first kappa shape index (κ1) is 25.6. The Hall–Kier alpha value is -4.09. The van der Waals surface area contributed by atoms with Gasteiger partial charge in [-0.15, -0.1) is 11.3 Å². The number of urea groups is 1. The molecule has 1 aromatic carbocycles. The maximum absolute atomic E-state index is 14.8. The summed E-state index contributed by atoms with van der Waals surface area (Å²) in [4.78, 5) is 23.7. The second kappa shape index (κ2) is 11.5. The normalized spacial score (nSPS) is 12.8. The van der Waals surface area contributed by atoms with E-state index in [0.717, 1.165) is 39.2 Å². The zero-order valence-corrected chi connectivity index (χ0v) is 21.6. The van der Waals surface area contributed by atoms with Crippen LogP contribution in [-0.2, 0) is 11.3 Å². The Balaban J connectivity index is 1.30. The maximum atomic E-state index is 14.8. The minimum atomic E-state index is -0.585. The number of nitrogens with one attached hydrogen (secondary N) is 3. The van der Waals surface area contributed by atoms with Crippen molar-refractivity contribution >= 4 is 39.6 Å². The number of methoxy groups -OCH3 is 1. The van der Waals surface area contributed by atoms with Gasteiger partial charge in [0.15, 0.2) is 11.6 Å². The first-order valence-electron chi connectivity index (χ1n) is 12.1. The Labute approximate surface area is 223 Å². The van der Waals surface area contributed by atoms with E-state index in [1.807, 2.05) is 23.1 Å². The largest absolute Gasteiger partial charge is 0.453 e. The highest BCUT2D eigenvalue weighted by Crippen LogP contribution is 2.39. The fourth-order valence-electron chi connectivity index (χ4n) is 3.78. The average Bonchev–Trinajstić information content (AvgIpc) is 3.62. The molecule has 3 aromatic heterocycles. The van der Waals surface area contributed by atoms with Crippen LogP contribution in [0.3, 0.4) is 0 Å². The van der Waals surface area contributed by atoms with Crippen LogP contribution in [0, 0.1) is 11.2 Å². The highest BCUT2D eigenvalue weighted by molar-refractivity contribution is 7.22. The van der Waals surface area contributed by atoms with Gasteiger partial charge in [-0.1, -0.05) is 6.07 Å². The molecule has 9 nitrogen and oxygen atoms in total. The molecule has 1 saturated carbocycles. The van der Waals surface area contributed by atoms with Crippen molar-refractivity contribution in [2.45, 2.75) is 25.4 Å². The van der Waals surface area contributed by atoms with Gasteiger partial charge >= 0.3 is 6.03 Å². The van der Waals surface area contributed by atoms with Gasteiger partial charge in [-0.05, 0) is 42.7 Å². The summed E-state index contributed by atoms with van der Waals surface area (Å²) in [6.07, 6.45) is 6.65. The number of ether oxygens (including phenoxy) is 2. The molecular formula is C27H27FN6O3S. The number of hydrogen-bond donors (Lipinski definition) is 3. The SMILES string of the molecule is COCCN(C=N)Cc1ccc(-c2cc3nccc(Oc4ccc(NC(=O)NC5CC5)cc4F)c3s2)nc1. The lowest BCUT2D eigenvalue weighted by Crippen LogP contribution is -2.30. The number of carbonyl (C=O) groups excluding carboxylic acids is 1. The van der Waals surface area contributed by atoms with Crippen molar-refractivity contribution in [2.75, 3.05) is 25.6 Å². The van der Waals surface area contributed by atoms with E-state index in [-0.39, 0.29) is 17.8 Å². The van der Waals surface area contributed by atoms with Crippen molar-refractivity contribution < 1.29 is 18.7 Å². The number of thiophene rings is 1. The van der Waals surface area contributed by atoms with Crippen molar-refractivity contribution in [1.82, 2.24) is 20.2 Å². The molecule has 38 heavy (non-hydrogen) atoms. The Morgan fingerprint density at radius 2 is 2.08 bits per heavy atom. The molecule has 0 radical (unpaired) electrons. The number of benzene rings is 1. The highest BCUT2D eigenvalue weighted by atomic mass is 32.1. The van der Waals surface area contributed by atoms with Gasteiger partial charge in [0, 0.05) is 56.5 Å². The number of fused-ring (bicyclic) bond motifs is 1. The number of amides is 2. The molecule has 3 heterocycles. The summed E-state index contributed by atoms with van der Waals surface area (Å²) >= 11 is 1.46. The van der Waals surface area contributed by atoms with Crippen LogP contribution < -0.4 is 15.4 Å². The molecule has 2 amide bonds. The molecule has 4 aromatic rings. The molecule has 0 spiro atoms. The Kier molecular flexibility index (Phi) is 7.75. The minimum Gasteiger partial charge on any atom is -0.453 e. The average molecular weight is 535 g/mol. The van der Waals surface area contributed by atoms with Gasteiger partial charge in [0.1, 0.15) is 5.75 Å². The van der Waals surface area contributed by atoms with E-state index in [1.165, 1.54) is 29.8 Å². The number of pyridine rings is 2. The zero-order valence-electron chi connectivity index (χ0n) is 20.7. The summed E-state index contributed by atoms with van der Waals surface area (Å²) in [6.45, 7) is 1.74. The number of rotatable bonds is 11. The number of nitrogens with zero attached hydrogens (tertiary/aromatic N) is 3. The van der Waals surface area contributed by atoms with Crippen LogP contribution in [-0.4, -0.2) is 53.5 Å². The van der Waals surface area contributed by atoms with E-state index in [1.54, 1.807) is 31.6 Å². The van der Waals surface area contributed by atoms with Crippen LogP contribution in [0.25, 0.3) is 20.8 Å². The fourth-order valence-corrected chi connectivity index (χ4v) is 4.82. The second-order valence-electron chi connectivity index (χ2n) is 8.90. The predicted molar refractivity (Wildman–Crippen MR) is 146 cm³/mol. The smallest absolute Gasteiger partial charge is 0.319 e. The summed E-state index contributed by atoms with van der Waals surface area (Å²) in [5.41, 5.74) is 2.84. The Bertz CT molecular complexity index is 1440. The molecule has 5 rings (SSSR count). The zero-order chi connectivity index (χ0) is 26.5. The van der Waals surface area contributed by atoms with E-state index >= 15 is 0 Å². The predicted octanol–water partition coefficient (Wildman–Crippen LogP) is 5.63. The molecule has 1 aliphatic carbocycles. The second-order valence-corrected chi connectivity index (χ2v) is 9.95. The molecule has 0 aliphatic heterocycles. The molecule has 0 saturated heterocycles. The lowest BCUT2D eigenvalue weighted by Gasteiger charge is -2.18. The van der Waals surface area contributed by atoms with Gasteiger partial charge < -0.3 is 25.0 Å². The van der Waals surface area contributed by atoms with Gasteiger partial charge in [-0.3, -0.25) is 15.4 Å². The first-order valence-corrected chi connectivity index (χ1v) is 13.0. The van der Waals surface area contributed by atoms with Crippen molar-refractivity contribution in [1.29, 1.82) is 5.41 Å². The van der Waals surface area contributed by atoms with Crippen LogP contribution in [0.5, 0.6) is 11.5 Å². The summed E-state index contributed by atoms with van der Waals surface area (Å²) in [6, 6.07) is 11.7. The van der Waals surface area contributed by atoms with Gasteiger partial charge in [0.05, 0.1) is 33.7 Å². The summed E-state index contributed by atoms with van der Waals surface area (Å²) in [5, 5.41) is 13.0. The minimum absolute atomic E-state index is 0.0484. The van der Waals surface area contributed by atoms with Gasteiger partial charge in [0.25, 0.3) is 0 Å². The van der Waals surface area contributed by atoms with E-state index < -0.39 is 5.82 Å². The maximum Gasteiger partial charge on any atom is 0.319 e. The third kappa shape index (κ3) is 6.24. The van der Waals surface area contributed by atoms with Gasteiger partial charge in [0.2, 0.25) is 0 Å². The van der Waals surface area contributed by atoms with Gasteiger partial charge in [-0.2, -0.15) is 0 Å². The standard InChI is InChI=1S/C27H27FN6O3S/c1-36-11-10-34(16-29)15-17-2-6-21(31-14-17)25-13-22-26(38-25)24(8-9-30-22)37-23-7-5-19(12-20(23)28)33-27(35)32-18-3-4-18/h2,5-9,12-14,16,18,29H,3-4,10-11,15H2,1H3,(H2,32,33,35). The van der Waals surface area contributed by atoms with Crippen LogP contribution >= 0.6 is 11.3 Å². The molecule has 3 N–H and O–H groups in total. The summed E-state index contributed by atoms with van der Waals surface area (Å²) in [5.74, 6) is -0.0567. The van der Waals surface area contributed by atoms with Crippen molar-refractivity contribution in [3.8, 4) is 22.1 Å². The van der Waals surface area contributed by atoms with Gasteiger partial charge in [-0.25, -0.2) is 9.18 Å². The van der Waals surface area contributed by atoms with E-state index in [4.69, 9.17) is 14.9 Å². The molecule has 11 heteroatoms. The van der Waals surface area contributed by atoms with Crippen LogP contribution in [0.2, 0.25) is 0 Å². The molecule has 0 atom stereocenters. The molecule has 1 aliphatic rings. The van der Waals surface area contributed by atoms with E-state index in [0.29, 0.717) is 31.1 Å². The monoisotopic (exact) mass is 534 g/mol. The van der Waals surface area contributed by atoms with Crippen LogP contribution in [0.4, 0.5) is 14.9 Å². The third-order valence-corrected chi connectivity index (χ3v) is 7.09. The molecule has 0 bridgehead atoms. The summed E-state index contributed by atoms with van der Waals surface area (Å²) < 4.78 is 26.6. The quantitative estimate of drug-likeness (QED) is 0.170. The molecule has 0 unspecified atom stereocenters.